The molecule has 0 rings (SSSR count). The molecule has 0 heterocycles. The van der Waals surface area contributed by atoms with E-state index in [-0.39, 0.29) is 0 Å². The van der Waals surface area contributed by atoms with Crippen molar-refractivity contribution in [1.29, 1.82) is 0 Å². The molecule has 0 aliphatic rings. The highest BCUT2D eigenvalue weighted by Gasteiger charge is 2.36. The summed E-state index contributed by atoms with van der Waals surface area (Å²) >= 11 is 3.51. The van der Waals surface area contributed by atoms with Crippen LogP contribution in [0.15, 0.2) is 0 Å². The zero-order valence-electron chi connectivity index (χ0n) is 7.69. The SMILES string of the molecule is CCO[Si](C)(OCC)C(C)Br. The standard InChI is InChI=1S/C7H17BrO2Si/c1-5-9-11(4,7(3)8)10-6-2/h7H,5-6H2,1-4H3. The van der Waals surface area contributed by atoms with Gasteiger partial charge >= 0.3 is 8.56 Å². The summed E-state index contributed by atoms with van der Waals surface area (Å²) in [6.45, 7) is 9.63. The van der Waals surface area contributed by atoms with Gasteiger partial charge in [0.15, 0.2) is 0 Å². The molecule has 0 bridgehead atoms. The second-order valence-corrected chi connectivity index (χ2v) is 8.19. The quantitative estimate of drug-likeness (QED) is 0.543. The fourth-order valence-corrected chi connectivity index (χ4v) is 3.33. The van der Waals surface area contributed by atoms with Crippen molar-refractivity contribution in [3.05, 3.63) is 0 Å². The van der Waals surface area contributed by atoms with Crippen LogP contribution in [0.4, 0.5) is 0 Å². The maximum Gasteiger partial charge on any atom is 0.348 e. The van der Waals surface area contributed by atoms with Gasteiger partial charge in [-0.05, 0) is 20.4 Å². The van der Waals surface area contributed by atoms with Gasteiger partial charge in [-0.1, -0.05) is 22.9 Å². The summed E-state index contributed by atoms with van der Waals surface area (Å²) in [5, 5.41) is 0. The third-order valence-corrected chi connectivity index (χ3v) is 7.25. The van der Waals surface area contributed by atoms with Crippen LogP contribution < -0.4 is 0 Å². The lowest BCUT2D eigenvalue weighted by atomic mass is 10.9. The minimum atomic E-state index is -1.91. The van der Waals surface area contributed by atoms with Crippen molar-refractivity contribution in [2.24, 2.45) is 0 Å². The molecule has 0 aromatic carbocycles. The Morgan fingerprint density at radius 1 is 1.27 bits per heavy atom. The minimum Gasteiger partial charge on any atom is -0.394 e. The topological polar surface area (TPSA) is 18.5 Å². The van der Waals surface area contributed by atoms with Gasteiger partial charge < -0.3 is 8.85 Å². The number of hydrogen-bond donors (Lipinski definition) is 0. The molecule has 0 amide bonds. The summed E-state index contributed by atoms with van der Waals surface area (Å²) in [6, 6.07) is 0. The number of rotatable bonds is 5. The molecule has 11 heavy (non-hydrogen) atoms. The van der Waals surface area contributed by atoms with Gasteiger partial charge in [-0.3, -0.25) is 0 Å². The van der Waals surface area contributed by atoms with E-state index >= 15 is 0 Å². The van der Waals surface area contributed by atoms with Gasteiger partial charge in [0.2, 0.25) is 0 Å². The Balaban J connectivity index is 4.01. The van der Waals surface area contributed by atoms with Crippen LogP contribution in [0, 0.1) is 0 Å². The van der Waals surface area contributed by atoms with Gasteiger partial charge in [0.1, 0.15) is 0 Å². The van der Waals surface area contributed by atoms with Gasteiger partial charge in [0.05, 0.1) is 4.45 Å². The Bertz CT molecular complexity index is 103. The monoisotopic (exact) mass is 240 g/mol. The first-order chi connectivity index (χ1) is 5.06. The summed E-state index contributed by atoms with van der Waals surface area (Å²) < 4.78 is 11.5. The highest BCUT2D eigenvalue weighted by molar-refractivity contribution is 9.10. The van der Waals surface area contributed by atoms with Gasteiger partial charge in [-0.2, -0.15) is 0 Å². The van der Waals surface area contributed by atoms with Crippen molar-refractivity contribution in [3.8, 4) is 0 Å². The molecule has 1 atom stereocenters. The predicted molar refractivity (Wildman–Crippen MR) is 53.3 cm³/mol. The lowest BCUT2D eigenvalue weighted by Gasteiger charge is -2.28. The van der Waals surface area contributed by atoms with Gasteiger partial charge in [-0.25, -0.2) is 0 Å². The van der Waals surface area contributed by atoms with E-state index in [1.165, 1.54) is 0 Å². The van der Waals surface area contributed by atoms with E-state index in [0.717, 1.165) is 13.2 Å². The second-order valence-electron chi connectivity index (χ2n) is 2.50. The smallest absolute Gasteiger partial charge is 0.348 e. The summed E-state index contributed by atoms with van der Waals surface area (Å²) in [5.41, 5.74) is 0. The molecule has 2 nitrogen and oxygen atoms in total. The molecule has 0 aliphatic heterocycles. The van der Waals surface area contributed by atoms with Crippen molar-refractivity contribution in [3.63, 3.8) is 0 Å². The van der Waals surface area contributed by atoms with Crippen LogP contribution in [-0.4, -0.2) is 26.2 Å². The molecule has 0 aliphatic carbocycles. The maximum absolute atomic E-state index is 5.60. The zero-order valence-corrected chi connectivity index (χ0v) is 10.3. The first-order valence-corrected chi connectivity index (χ1v) is 7.29. The molecule has 0 N–H and O–H groups in total. The predicted octanol–water partition coefficient (Wildman–Crippen LogP) is 2.45. The molecular weight excluding hydrogens is 224 g/mol. The maximum atomic E-state index is 5.60. The average molecular weight is 241 g/mol. The lowest BCUT2D eigenvalue weighted by molar-refractivity contribution is 0.189. The van der Waals surface area contributed by atoms with E-state index in [1.54, 1.807) is 0 Å². The van der Waals surface area contributed by atoms with E-state index < -0.39 is 8.56 Å². The van der Waals surface area contributed by atoms with Gasteiger partial charge in [-0.15, -0.1) is 0 Å². The van der Waals surface area contributed by atoms with E-state index in [4.69, 9.17) is 8.85 Å². The Kier molecular flexibility index (Phi) is 5.59. The molecule has 68 valence electrons. The molecule has 0 saturated carbocycles. The molecular formula is C7H17BrO2Si. The number of halogens is 1. The minimum absolute atomic E-state index is 0.342. The van der Waals surface area contributed by atoms with Crippen LogP contribution in [0.1, 0.15) is 20.8 Å². The van der Waals surface area contributed by atoms with Crippen LogP contribution in [-0.2, 0) is 8.85 Å². The van der Waals surface area contributed by atoms with Gasteiger partial charge in [0.25, 0.3) is 0 Å². The summed E-state index contributed by atoms with van der Waals surface area (Å²) in [7, 11) is -1.91. The fraction of sp³-hybridized carbons (Fsp3) is 1.00. The van der Waals surface area contributed by atoms with E-state index in [2.05, 4.69) is 29.4 Å². The highest BCUT2D eigenvalue weighted by atomic mass is 79.9. The van der Waals surface area contributed by atoms with E-state index in [0.29, 0.717) is 4.45 Å². The molecule has 0 spiro atoms. The Labute approximate surface area is 78.7 Å². The van der Waals surface area contributed by atoms with Crippen LogP contribution >= 0.6 is 15.9 Å². The van der Waals surface area contributed by atoms with E-state index in [9.17, 15) is 0 Å². The van der Waals surface area contributed by atoms with Crippen LogP contribution in [0.3, 0.4) is 0 Å². The zero-order chi connectivity index (χ0) is 8.91. The summed E-state index contributed by atoms with van der Waals surface area (Å²) in [4.78, 5) is 0. The van der Waals surface area contributed by atoms with Crippen molar-refractivity contribution >= 4 is 24.5 Å². The van der Waals surface area contributed by atoms with E-state index in [1.807, 2.05) is 13.8 Å². The fourth-order valence-electron chi connectivity index (χ4n) is 0.845. The van der Waals surface area contributed by atoms with Crippen LogP contribution in [0.25, 0.3) is 0 Å². The first kappa shape index (κ1) is 11.6. The molecule has 1 unspecified atom stereocenters. The second kappa shape index (κ2) is 5.30. The Hall–Kier alpha value is 0.617. The Morgan fingerprint density at radius 3 is 1.82 bits per heavy atom. The molecule has 4 heteroatoms. The molecule has 0 aromatic heterocycles. The average Bonchev–Trinajstić information content (AvgIpc) is 1.88. The first-order valence-electron chi connectivity index (χ1n) is 3.98. The van der Waals surface area contributed by atoms with Crippen molar-refractivity contribution in [2.75, 3.05) is 13.2 Å². The van der Waals surface area contributed by atoms with Gasteiger partial charge in [0, 0.05) is 13.2 Å². The normalized spacial score (nSPS) is 15.0. The lowest BCUT2D eigenvalue weighted by Crippen LogP contribution is -2.46. The number of hydrogen-bond acceptors (Lipinski definition) is 2. The molecule has 0 saturated heterocycles. The molecule has 0 radical (unpaired) electrons. The molecule has 0 fully saturated rings. The highest BCUT2D eigenvalue weighted by Crippen LogP contribution is 2.18. The number of alkyl halides is 1. The summed E-state index contributed by atoms with van der Waals surface area (Å²) in [6.07, 6.45) is 0. The molecule has 0 aromatic rings. The van der Waals surface area contributed by atoms with Crippen molar-refractivity contribution in [1.82, 2.24) is 0 Å². The third-order valence-electron chi connectivity index (χ3n) is 1.58. The largest absolute Gasteiger partial charge is 0.394 e. The van der Waals surface area contributed by atoms with Crippen LogP contribution in [0.5, 0.6) is 0 Å². The van der Waals surface area contributed by atoms with Crippen molar-refractivity contribution < 1.29 is 8.85 Å². The Morgan fingerprint density at radius 2 is 1.64 bits per heavy atom. The van der Waals surface area contributed by atoms with Crippen molar-refractivity contribution in [2.45, 2.75) is 31.8 Å². The third kappa shape index (κ3) is 3.69. The van der Waals surface area contributed by atoms with Crippen LogP contribution in [0.2, 0.25) is 6.55 Å². The summed E-state index contributed by atoms with van der Waals surface area (Å²) in [5.74, 6) is 0.